The lowest BCUT2D eigenvalue weighted by atomic mass is 10.0. The summed E-state index contributed by atoms with van der Waals surface area (Å²) in [6.07, 6.45) is 3.64. The molecular formula is C25H27N3. The molecule has 0 aliphatic carbocycles. The molecule has 0 aliphatic heterocycles. The Balaban J connectivity index is 1.82. The molecule has 0 atom stereocenters. The zero-order chi connectivity index (χ0) is 19.9. The van der Waals surface area contributed by atoms with Gasteiger partial charge >= 0.3 is 0 Å². The highest BCUT2D eigenvalue weighted by molar-refractivity contribution is 5.84. The Morgan fingerprint density at radius 1 is 0.607 bits per heavy atom. The number of aliphatic imine (C=N–C) groups is 2. The van der Waals surface area contributed by atoms with E-state index in [2.05, 4.69) is 66.9 Å². The van der Waals surface area contributed by atoms with Gasteiger partial charge in [0.05, 0.1) is 35.2 Å². The van der Waals surface area contributed by atoms with Crippen LogP contribution in [0.2, 0.25) is 0 Å². The third-order valence-electron chi connectivity index (χ3n) is 4.58. The van der Waals surface area contributed by atoms with Gasteiger partial charge in [0.25, 0.3) is 0 Å². The zero-order valence-electron chi connectivity index (χ0n) is 17.0. The fraction of sp³-hybridized carbons (Fsp3) is 0.240. The molecule has 0 unspecified atom stereocenters. The molecule has 2 aromatic carbocycles. The van der Waals surface area contributed by atoms with Crippen molar-refractivity contribution in [3.63, 3.8) is 0 Å². The number of benzene rings is 2. The van der Waals surface area contributed by atoms with Gasteiger partial charge < -0.3 is 0 Å². The first kappa shape index (κ1) is 19.7. The fourth-order valence-electron chi connectivity index (χ4n) is 3.07. The zero-order valence-corrected chi connectivity index (χ0v) is 17.0. The first-order valence-corrected chi connectivity index (χ1v) is 9.77. The predicted molar refractivity (Wildman–Crippen MR) is 120 cm³/mol. The molecule has 1 aromatic heterocycles. The predicted octanol–water partition coefficient (Wildman–Crippen LogP) is 6.83. The SMILES string of the molecule is CC(C)c1ccccc1/N=C/c1cccc(/C=N/c2ccccc2C(C)C)n1. The van der Waals surface area contributed by atoms with Gasteiger partial charge in [-0.2, -0.15) is 0 Å². The Labute approximate surface area is 167 Å². The average molecular weight is 370 g/mol. The lowest BCUT2D eigenvalue weighted by molar-refractivity contribution is 0.867. The molecule has 142 valence electrons. The molecule has 0 N–H and O–H groups in total. The number of hydrogen-bond acceptors (Lipinski definition) is 3. The number of hydrogen-bond donors (Lipinski definition) is 0. The molecular weight excluding hydrogens is 342 g/mol. The van der Waals surface area contributed by atoms with Crippen LogP contribution < -0.4 is 0 Å². The quantitative estimate of drug-likeness (QED) is 0.439. The van der Waals surface area contributed by atoms with E-state index < -0.39 is 0 Å². The highest BCUT2D eigenvalue weighted by atomic mass is 14.8. The number of rotatable bonds is 6. The molecule has 0 fully saturated rings. The molecule has 0 amide bonds. The minimum atomic E-state index is 0.431. The normalized spacial score (nSPS) is 11.9. The molecule has 3 rings (SSSR count). The van der Waals surface area contributed by atoms with E-state index in [1.54, 1.807) is 0 Å². The van der Waals surface area contributed by atoms with Crippen molar-refractivity contribution in [3.8, 4) is 0 Å². The monoisotopic (exact) mass is 369 g/mol. The van der Waals surface area contributed by atoms with Gasteiger partial charge in [-0.1, -0.05) is 70.2 Å². The molecule has 3 heteroatoms. The molecule has 1 heterocycles. The summed E-state index contributed by atoms with van der Waals surface area (Å²) in [5.41, 5.74) is 6.09. The third kappa shape index (κ3) is 5.01. The van der Waals surface area contributed by atoms with E-state index in [-0.39, 0.29) is 0 Å². The Morgan fingerprint density at radius 3 is 1.46 bits per heavy atom. The Hall–Kier alpha value is -3.07. The van der Waals surface area contributed by atoms with E-state index in [9.17, 15) is 0 Å². The second-order valence-corrected chi connectivity index (χ2v) is 7.43. The van der Waals surface area contributed by atoms with E-state index in [0.29, 0.717) is 11.8 Å². The third-order valence-corrected chi connectivity index (χ3v) is 4.58. The van der Waals surface area contributed by atoms with Crippen LogP contribution in [0.15, 0.2) is 76.7 Å². The molecule has 3 nitrogen and oxygen atoms in total. The van der Waals surface area contributed by atoms with Crippen molar-refractivity contribution in [1.29, 1.82) is 0 Å². The molecule has 3 aromatic rings. The second kappa shape index (κ2) is 9.23. The maximum atomic E-state index is 4.66. The standard InChI is InChI=1S/C25H27N3/c1-18(2)22-12-5-7-14-24(22)26-16-20-10-9-11-21(28-20)17-27-25-15-8-6-13-23(25)19(3)4/h5-19H,1-4H3/b26-16+,27-17+. The second-order valence-electron chi connectivity index (χ2n) is 7.43. The van der Waals surface area contributed by atoms with E-state index in [1.165, 1.54) is 11.1 Å². The first-order valence-electron chi connectivity index (χ1n) is 9.77. The van der Waals surface area contributed by atoms with Crippen molar-refractivity contribution in [1.82, 2.24) is 4.98 Å². The van der Waals surface area contributed by atoms with Crippen LogP contribution in [-0.4, -0.2) is 17.4 Å². The van der Waals surface area contributed by atoms with Gasteiger partial charge in [-0.3, -0.25) is 9.98 Å². The summed E-state index contributed by atoms with van der Waals surface area (Å²) in [6, 6.07) is 22.4. The highest BCUT2D eigenvalue weighted by Crippen LogP contribution is 2.27. The van der Waals surface area contributed by atoms with Crippen LogP contribution >= 0.6 is 0 Å². The van der Waals surface area contributed by atoms with Gasteiger partial charge in [0.1, 0.15) is 0 Å². The van der Waals surface area contributed by atoms with Crippen LogP contribution in [-0.2, 0) is 0 Å². The van der Waals surface area contributed by atoms with Crippen molar-refractivity contribution in [2.45, 2.75) is 39.5 Å². The minimum absolute atomic E-state index is 0.431. The van der Waals surface area contributed by atoms with Gasteiger partial charge in [-0.15, -0.1) is 0 Å². The summed E-state index contributed by atoms with van der Waals surface area (Å²) in [5.74, 6) is 0.863. The Bertz CT molecular complexity index is 908. The number of nitrogens with zero attached hydrogens (tertiary/aromatic N) is 3. The van der Waals surface area contributed by atoms with Crippen LogP contribution in [0.25, 0.3) is 0 Å². The highest BCUT2D eigenvalue weighted by Gasteiger charge is 2.05. The van der Waals surface area contributed by atoms with Crippen LogP contribution in [0.5, 0.6) is 0 Å². The average Bonchev–Trinajstić information content (AvgIpc) is 2.71. The van der Waals surface area contributed by atoms with E-state index in [0.717, 1.165) is 22.8 Å². The summed E-state index contributed by atoms with van der Waals surface area (Å²) in [4.78, 5) is 14.0. The Morgan fingerprint density at radius 2 is 1.04 bits per heavy atom. The summed E-state index contributed by atoms with van der Waals surface area (Å²) >= 11 is 0. The number of pyridine rings is 1. The largest absolute Gasteiger partial charge is 0.254 e. The molecule has 0 saturated carbocycles. The van der Waals surface area contributed by atoms with Gasteiger partial charge in [0, 0.05) is 0 Å². The smallest absolute Gasteiger partial charge is 0.0820 e. The van der Waals surface area contributed by atoms with Crippen LogP contribution in [0, 0.1) is 0 Å². The minimum Gasteiger partial charge on any atom is -0.254 e. The van der Waals surface area contributed by atoms with Gasteiger partial charge in [-0.25, -0.2) is 4.98 Å². The van der Waals surface area contributed by atoms with Gasteiger partial charge in [0.2, 0.25) is 0 Å². The van der Waals surface area contributed by atoms with Crippen LogP contribution in [0.4, 0.5) is 11.4 Å². The summed E-state index contributed by atoms with van der Waals surface area (Å²) in [7, 11) is 0. The van der Waals surface area contributed by atoms with Gasteiger partial charge in [0.15, 0.2) is 0 Å². The lowest BCUT2D eigenvalue weighted by Gasteiger charge is -2.08. The van der Waals surface area contributed by atoms with E-state index in [1.807, 2.05) is 54.9 Å². The van der Waals surface area contributed by atoms with Crippen molar-refractivity contribution in [2.24, 2.45) is 9.98 Å². The molecule has 0 aliphatic rings. The molecule has 0 saturated heterocycles. The lowest BCUT2D eigenvalue weighted by Crippen LogP contribution is -1.94. The van der Waals surface area contributed by atoms with Crippen molar-refractivity contribution in [2.75, 3.05) is 0 Å². The van der Waals surface area contributed by atoms with Crippen molar-refractivity contribution < 1.29 is 0 Å². The molecule has 0 bridgehead atoms. The van der Waals surface area contributed by atoms with Crippen molar-refractivity contribution >= 4 is 23.8 Å². The molecule has 28 heavy (non-hydrogen) atoms. The molecule has 0 spiro atoms. The maximum absolute atomic E-state index is 4.66. The van der Waals surface area contributed by atoms with Gasteiger partial charge in [-0.05, 0) is 47.2 Å². The Kier molecular flexibility index (Phi) is 6.49. The number of para-hydroxylation sites is 2. The van der Waals surface area contributed by atoms with E-state index >= 15 is 0 Å². The fourth-order valence-corrected chi connectivity index (χ4v) is 3.07. The van der Waals surface area contributed by atoms with Crippen LogP contribution in [0.1, 0.15) is 62.0 Å². The summed E-state index contributed by atoms with van der Waals surface area (Å²) in [5, 5.41) is 0. The topological polar surface area (TPSA) is 37.6 Å². The first-order chi connectivity index (χ1) is 13.5. The summed E-state index contributed by atoms with van der Waals surface area (Å²) in [6.45, 7) is 8.72. The maximum Gasteiger partial charge on any atom is 0.0820 e. The molecule has 0 radical (unpaired) electrons. The summed E-state index contributed by atoms with van der Waals surface area (Å²) < 4.78 is 0. The van der Waals surface area contributed by atoms with Crippen molar-refractivity contribution in [3.05, 3.63) is 89.2 Å². The van der Waals surface area contributed by atoms with E-state index in [4.69, 9.17) is 0 Å². The number of aromatic nitrogens is 1. The van der Waals surface area contributed by atoms with Crippen LogP contribution in [0.3, 0.4) is 0 Å².